The number of hydrogen-bond acceptors (Lipinski definition) is 3. The summed E-state index contributed by atoms with van der Waals surface area (Å²) in [6.07, 6.45) is 3.20. The molecule has 0 radical (unpaired) electrons. The summed E-state index contributed by atoms with van der Waals surface area (Å²) < 4.78 is 1.59. The summed E-state index contributed by atoms with van der Waals surface area (Å²) >= 11 is 0. The number of aromatic nitrogens is 3. The number of carbonyl (C=O) groups is 1. The van der Waals surface area contributed by atoms with Crippen molar-refractivity contribution in [2.75, 3.05) is 13.6 Å². The molecule has 1 aromatic heterocycles. The van der Waals surface area contributed by atoms with E-state index in [0.717, 1.165) is 5.69 Å². The highest BCUT2D eigenvalue weighted by molar-refractivity contribution is 5.90. The zero-order valence-corrected chi connectivity index (χ0v) is 11.1. The quantitative estimate of drug-likeness (QED) is 0.784. The van der Waals surface area contributed by atoms with E-state index in [1.54, 1.807) is 24.1 Å². The second kappa shape index (κ2) is 5.48. The summed E-state index contributed by atoms with van der Waals surface area (Å²) in [4.78, 5) is 17.5. The number of nitrogens with zero attached hydrogens (tertiary/aromatic N) is 4. The number of carbonyl (C=O) groups excluding carboxylic acids is 1. The number of rotatable bonds is 4. The van der Waals surface area contributed by atoms with Crippen LogP contribution < -0.4 is 0 Å². The lowest BCUT2D eigenvalue weighted by molar-refractivity contribution is 0.0798. The molecule has 0 aliphatic carbocycles. The van der Waals surface area contributed by atoms with Crippen molar-refractivity contribution in [3.8, 4) is 5.69 Å². The highest BCUT2D eigenvalue weighted by Gasteiger charge is 2.15. The van der Waals surface area contributed by atoms with E-state index in [2.05, 4.69) is 16.7 Å². The van der Waals surface area contributed by atoms with E-state index in [9.17, 15) is 4.79 Å². The Morgan fingerprint density at radius 1 is 1.42 bits per heavy atom. The van der Waals surface area contributed by atoms with E-state index in [1.807, 2.05) is 31.2 Å². The normalized spacial score (nSPS) is 10.2. The predicted molar refractivity (Wildman–Crippen MR) is 73.3 cm³/mol. The molecule has 0 aliphatic heterocycles. The Kier molecular flexibility index (Phi) is 3.75. The van der Waals surface area contributed by atoms with Gasteiger partial charge in [0, 0.05) is 13.6 Å². The topological polar surface area (TPSA) is 51.0 Å². The molecule has 5 heteroatoms. The lowest BCUT2D eigenvalue weighted by atomic mass is 10.2. The zero-order valence-electron chi connectivity index (χ0n) is 11.1. The molecule has 1 heterocycles. The SMILES string of the molecule is C=CCN(C)C(=O)c1ncn(-c2ccc(C)cc2)n1. The minimum absolute atomic E-state index is 0.185. The fourth-order valence-electron chi connectivity index (χ4n) is 1.63. The number of aryl methyl sites for hydroxylation is 1. The molecular formula is C14H16N4O. The van der Waals surface area contributed by atoms with Crippen LogP contribution in [0.25, 0.3) is 5.69 Å². The largest absolute Gasteiger partial charge is 0.335 e. The first-order valence-electron chi connectivity index (χ1n) is 5.97. The molecule has 0 fully saturated rings. The fraction of sp³-hybridized carbons (Fsp3) is 0.214. The van der Waals surface area contributed by atoms with Gasteiger partial charge in [-0.15, -0.1) is 11.7 Å². The zero-order chi connectivity index (χ0) is 13.8. The minimum atomic E-state index is -0.217. The Labute approximate surface area is 112 Å². The first kappa shape index (κ1) is 13.0. The standard InChI is InChI=1S/C14H16N4O/c1-4-9-17(3)14(19)13-15-10-18(16-13)12-7-5-11(2)6-8-12/h4-8,10H,1,9H2,2-3H3. The third kappa shape index (κ3) is 2.88. The van der Waals surface area contributed by atoms with Crippen molar-refractivity contribution in [1.29, 1.82) is 0 Å². The van der Waals surface area contributed by atoms with Gasteiger partial charge in [-0.1, -0.05) is 23.8 Å². The first-order chi connectivity index (χ1) is 9.11. The van der Waals surface area contributed by atoms with Gasteiger partial charge in [-0.25, -0.2) is 9.67 Å². The molecule has 2 rings (SSSR count). The first-order valence-corrected chi connectivity index (χ1v) is 5.97. The molecule has 19 heavy (non-hydrogen) atoms. The van der Waals surface area contributed by atoms with Gasteiger partial charge in [0.25, 0.3) is 5.91 Å². The number of hydrogen-bond donors (Lipinski definition) is 0. The van der Waals surface area contributed by atoms with Crippen molar-refractivity contribution < 1.29 is 4.79 Å². The number of amides is 1. The molecular weight excluding hydrogens is 240 g/mol. The second-order valence-electron chi connectivity index (χ2n) is 4.32. The maximum Gasteiger partial charge on any atom is 0.293 e. The van der Waals surface area contributed by atoms with Crippen LogP contribution in [0.5, 0.6) is 0 Å². The number of benzene rings is 1. The molecule has 0 N–H and O–H groups in total. The Bertz CT molecular complexity index is 586. The van der Waals surface area contributed by atoms with Crippen LogP contribution in [0, 0.1) is 6.92 Å². The third-order valence-electron chi connectivity index (χ3n) is 2.73. The molecule has 0 unspecified atom stereocenters. The minimum Gasteiger partial charge on any atom is -0.335 e. The molecule has 0 saturated heterocycles. The van der Waals surface area contributed by atoms with Gasteiger partial charge in [-0.05, 0) is 19.1 Å². The van der Waals surface area contributed by atoms with E-state index >= 15 is 0 Å². The molecule has 0 bridgehead atoms. The van der Waals surface area contributed by atoms with Crippen molar-refractivity contribution in [2.45, 2.75) is 6.92 Å². The van der Waals surface area contributed by atoms with Crippen molar-refractivity contribution in [3.05, 3.63) is 54.6 Å². The Morgan fingerprint density at radius 2 is 2.11 bits per heavy atom. The van der Waals surface area contributed by atoms with E-state index < -0.39 is 0 Å². The van der Waals surface area contributed by atoms with Crippen LogP contribution in [0.3, 0.4) is 0 Å². The second-order valence-corrected chi connectivity index (χ2v) is 4.32. The smallest absolute Gasteiger partial charge is 0.293 e. The highest BCUT2D eigenvalue weighted by atomic mass is 16.2. The van der Waals surface area contributed by atoms with Gasteiger partial charge in [-0.3, -0.25) is 4.79 Å². The average Bonchev–Trinajstić information content (AvgIpc) is 2.88. The predicted octanol–water partition coefficient (Wildman–Crippen LogP) is 1.83. The lowest BCUT2D eigenvalue weighted by Gasteiger charge is -2.11. The van der Waals surface area contributed by atoms with E-state index in [4.69, 9.17) is 0 Å². The van der Waals surface area contributed by atoms with E-state index in [1.165, 1.54) is 10.5 Å². The van der Waals surface area contributed by atoms with Gasteiger partial charge in [-0.2, -0.15) is 0 Å². The average molecular weight is 256 g/mol. The summed E-state index contributed by atoms with van der Waals surface area (Å²) in [5, 5.41) is 4.19. The maximum absolute atomic E-state index is 12.0. The van der Waals surface area contributed by atoms with Crippen molar-refractivity contribution in [1.82, 2.24) is 19.7 Å². The Morgan fingerprint density at radius 3 is 2.74 bits per heavy atom. The molecule has 0 saturated carbocycles. The molecule has 0 aliphatic rings. The molecule has 98 valence electrons. The van der Waals surface area contributed by atoms with Crippen LogP contribution >= 0.6 is 0 Å². The van der Waals surface area contributed by atoms with Crippen LogP contribution in [0.1, 0.15) is 16.2 Å². The monoisotopic (exact) mass is 256 g/mol. The molecule has 0 spiro atoms. The summed E-state index contributed by atoms with van der Waals surface area (Å²) in [6, 6.07) is 7.85. The van der Waals surface area contributed by atoms with Crippen molar-refractivity contribution in [3.63, 3.8) is 0 Å². The van der Waals surface area contributed by atoms with E-state index in [0.29, 0.717) is 6.54 Å². The van der Waals surface area contributed by atoms with Crippen molar-refractivity contribution in [2.24, 2.45) is 0 Å². The third-order valence-corrected chi connectivity index (χ3v) is 2.73. The molecule has 5 nitrogen and oxygen atoms in total. The number of likely N-dealkylation sites (N-methyl/N-ethyl adjacent to an activating group) is 1. The van der Waals surface area contributed by atoms with Gasteiger partial charge in [0.05, 0.1) is 5.69 Å². The molecule has 1 aromatic carbocycles. The summed E-state index contributed by atoms with van der Waals surface area (Å²) in [5.41, 5.74) is 2.05. The van der Waals surface area contributed by atoms with Crippen LogP contribution in [-0.2, 0) is 0 Å². The highest BCUT2D eigenvalue weighted by Crippen LogP contribution is 2.08. The van der Waals surface area contributed by atoms with Crippen LogP contribution in [0.2, 0.25) is 0 Å². The Balaban J connectivity index is 2.21. The van der Waals surface area contributed by atoms with Gasteiger partial charge in [0.1, 0.15) is 6.33 Å². The molecule has 1 amide bonds. The Hall–Kier alpha value is -2.43. The van der Waals surface area contributed by atoms with Gasteiger partial charge in [0.2, 0.25) is 5.82 Å². The molecule has 2 aromatic rings. The summed E-state index contributed by atoms with van der Waals surface area (Å²) in [6.45, 7) is 6.09. The maximum atomic E-state index is 12.0. The van der Waals surface area contributed by atoms with E-state index in [-0.39, 0.29) is 11.7 Å². The van der Waals surface area contributed by atoms with Crippen LogP contribution in [0.4, 0.5) is 0 Å². The van der Waals surface area contributed by atoms with Gasteiger partial charge in [0.15, 0.2) is 0 Å². The lowest BCUT2D eigenvalue weighted by Crippen LogP contribution is -2.27. The van der Waals surface area contributed by atoms with Crippen LogP contribution in [0.15, 0.2) is 43.2 Å². The fourth-order valence-corrected chi connectivity index (χ4v) is 1.63. The van der Waals surface area contributed by atoms with Crippen molar-refractivity contribution >= 4 is 5.91 Å². The van der Waals surface area contributed by atoms with Gasteiger partial charge >= 0.3 is 0 Å². The summed E-state index contributed by atoms with van der Waals surface area (Å²) in [7, 11) is 1.69. The van der Waals surface area contributed by atoms with Crippen LogP contribution in [-0.4, -0.2) is 39.2 Å². The summed E-state index contributed by atoms with van der Waals surface area (Å²) in [5.74, 6) is -0.0318. The van der Waals surface area contributed by atoms with Gasteiger partial charge < -0.3 is 4.90 Å². The molecule has 0 atom stereocenters.